The number of amidine groups is 1. The largest absolute Gasteiger partial charge is 0.388 e. The van der Waals surface area contributed by atoms with Gasteiger partial charge in [0.15, 0.2) is 0 Å². The third-order valence-corrected chi connectivity index (χ3v) is 6.80. The molecule has 3 N–H and O–H groups in total. The number of thiophene rings is 1. The predicted molar refractivity (Wildman–Crippen MR) is 124 cm³/mol. The maximum atomic E-state index is 11.8. The molecule has 0 amide bonds. The number of benzene rings is 1. The summed E-state index contributed by atoms with van der Waals surface area (Å²) in [5.74, 6) is 0.502. The summed E-state index contributed by atoms with van der Waals surface area (Å²) in [6.07, 6.45) is 3.25. The van der Waals surface area contributed by atoms with Crippen LogP contribution in [0.25, 0.3) is 0 Å². The first kappa shape index (κ1) is 21.6. The molecule has 2 aromatic rings. The number of hydrogen-bond acceptors (Lipinski definition) is 4. The molecule has 0 radical (unpaired) electrons. The molecule has 5 heteroatoms. The Morgan fingerprint density at radius 2 is 1.97 bits per heavy atom. The van der Waals surface area contributed by atoms with Gasteiger partial charge in [0.05, 0.1) is 5.70 Å². The van der Waals surface area contributed by atoms with E-state index >= 15 is 0 Å². The van der Waals surface area contributed by atoms with Crippen molar-refractivity contribution >= 4 is 22.9 Å². The van der Waals surface area contributed by atoms with E-state index in [0.29, 0.717) is 12.3 Å². The minimum Gasteiger partial charge on any atom is -0.388 e. The fourth-order valence-corrected chi connectivity index (χ4v) is 5.59. The van der Waals surface area contributed by atoms with Gasteiger partial charge in [0.1, 0.15) is 11.4 Å². The van der Waals surface area contributed by atoms with E-state index in [2.05, 4.69) is 50.0 Å². The molecule has 1 aromatic carbocycles. The summed E-state index contributed by atoms with van der Waals surface area (Å²) in [5, 5.41) is 26.2. The van der Waals surface area contributed by atoms with Gasteiger partial charge < -0.3 is 15.3 Å². The van der Waals surface area contributed by atoms with Crippen molar-refractivity contribution in [3.8, 4) is 0 Å². The maximum absolute atomic E-state index is 11.8. The van der Waals surface area contributed by atoms with Gasteiger partial charge in [-0.15, -0.1) is 11.3 Å². The highest BCUT2D eigenvalue weighted by atomic mass is 32.1. The highest BCUT2D eigenvalue weighted by Gasteiger charge is 2.38. The van der Waals surface area contributed by atoms with Crippen molar-refractivity contribution in [3.05, 3.63) is 62.5 Å². The molecule has 0 spiro atoms. The number of nitrogens with zero attached hydrogens (tertiary/aromatic N) is 1. The molecule has 1 aromatic heterocycles. The topological polar surface area (TPSA) is 59.4 Å². The van der Waals surface area contributed by atoms with E-state index in [4.69, 9.17) is 5.41 Å². The van der Waals surface area contributed by atoms with Crippen LogP contribution in [-0.2, 0) is 5.60 Å². The third-order valence-electron chi connectivity index (χ3n) is 5.78. The first-order valence-corrected chi connectivity index (χ1v) is 11.3. The van der Waals surface area contributed by atoms with Crippen LogP contribution in [0.4, 0.5) is 5.69 Å². The number of likely N-dealkylation sites (N-methyl/N-ethyl adjacent to an activating group) is 1. The smallest absolute Gasteiger partial charge is 0.138 e. The van der Waals surface area contributed by atoms with Gasteiger partial charge in [-0.25, -0.2) is 0 Å². The maximum Gasteiger partial charge on any atom is 0.138 e. The van der Waals surface area contributed by atoms with Gasteiger partial charge in [-0.1, -0.05) is 37.1 Å². The lowest BCUT2D eigenvalue weighted by Gasteiger charge is -2.38. The summed E-state index contributed by atoms with van der Waals surface area (Å²) in [6, 6.07) is 8.35. The van der Waals surface area contributed by atoms with Crippen LogP contribution < -0.4 is 10.2 Å². The fourth-order valence-electron chi connectivity index (χ4n) is 4.73. The Kier molecular flexibility index (Phi) is 6.49. The lowest BCUT2D eigenvalue weighted by Crippen LogP contribution is -2.43. The zero-order valence-electron chi connectivity index (χ0n) is 18.2. The van der Waals surface area contributed by atoms with E-state index < -0.39 is 5.60 Å². The zero-order chi connectivity index (χ0) is 21.2. The minimum absolute atomic E-state index is 0.502. The second-order valence-corrected chi connectivity index (χ2v) is 8.99. The number of piperidine rings is 1. The van der Waals surface area contributed by atoms with Crippen LogP contribution in [0.15, 0.2) is 40.9 Å². The molecule has 4 nitrogen and oxygen atoms in total. The Hall–Kier alpha value is -2.11. The van der Waals surface area contributed by atoms with Crippen LogP contribution in [0.2, 0.25) is 0 Å². The molecule has 156 valence electrons. The number of anilines is 1. The lowest BCUT2D eigenvalue weighted by atomic mass is 9.86. The Morgan fingerprint density at radius 3 is 2.52 bits per heavy atom. The molecule has 1 aliphatic heterocycles. The molecule has 1 fully saturated rings. The minimum atomic E-state index is -1.08. The molecule has 29 heavy (non-hydrogen) atoms. The van der Waals surface area contributed by atoms with Gasteiger partial charge >= 0.3 is 0 Å². The summed E-state index contributed by atoms with van der Waals surface area (Å²) >= 11 is 1.57. The number of nitrogens with one attached hydrogen (secondary N) is 2. The van der Waals surface area contributed by atoms with Gasteiger partial charge in [-0.2, -0.15) is 0 Å². The highest BCUT2D eigenvalue weighted by molar-refractivity contribution is 7.10. The predicted octanol–water partition coefficient (Wildman–Crippen LogP) is 5.41. The molecule has 1 saturated heterocycles. The van der Waals surface area contributed by atoms with Crippen LogP contribution >= 0.6 is 11.3 Å². The normalized spacial score (nSPS) is 18.6. The molecule has 2 heterocycles. The average molecular weight is 412 g/mol. The average Bonchev–Trinajstić information content (AvgIpc) is 3.20. The van der Waals surface area contributed by atoms with Crippen molar-refractivity contribution < 1.29 is 5.11 Å². The summed E-state index contributed by atoms with van der Waals surface area (Å²) in [6.45, 7) is 9.28. The summed E-state index contributed by atoms with van der Waals surface area (Å²) < 4.78 is 0. The van der Waals surface area contributed by atoms with Crippen molar-refractivity contribution in [1.82, 2.24) is 5.32 Å². The van der Waals surface area contributed by atoms with E-state index in [0.717, 1.165) is 47.6 Å². The standard InChI is InChI=1S/C24H33N3OS/c1-6-11-24(28,20-10-8-13-29-20)22(26-5)19-9-7-12-27(23(19)25)21-17(3)14-16(2)15-18(21)4/h8,10,13-15,25-26,28H,6-7,9,11-12H2,1-5H3/b22-19-,25-23?. The SMILES string of the molecule is CCCC(O)(/C(NC)=C1\CCCN(c2c(C)cc(C)cc2C)C1=N)c1cccs1. The molecule has 3 rings (SSSR count). The number of aryl methyl sites for hydroxylation is 3. The molecule has 1 unspecified atom stereocenters. The summed E-state index contributed by atoms with van der Waals surface area (Å²) in [7, 11) is 1.87. The van der Waals surface area contributed by atoms with Crippen molar-refractivity contribution in [2.45, 2.75) is 59.0 Å². The van der Waals surface area contributed by atoms with Crippen LogP contribution in [0.3, 0.4) is 0 Å². The molecule has 0 aliphatic carbocycles. The first-order chi connectivity index (χ1) is 13.8. The monoisotopic (exact) mass is 411 g/mol. The number of rotatable bonds is 6. The van der Waals surface area contributed by atoms with Crippen molar-refractivity contribution in [1.29, 1.82) is 5.41 Å². The molecule has 0 bridgehead atoms. The second-order valence-electron chi connectivity index (χ2n) is 8.04. The second kappa shape index (κ2) is 8.72. The molecule has 1 atom stereocenters. The van der Waals surface area contributed by atoms with E-state index in [1.165, 1.54) is 16.7 Å². The van der Waals surface area contributed by atoms with Gasteiger partial charge in [0.25, 0.3) is 0 Å². The van der Waals surface area contributed by atoms with Gasteiger partial charge in [0, 0.05) is 29.7 Å². The first-order valence-electron chi connectivity index (χ1n) is 10.5. The molecule has 0 saturated carbocycles. The zero-order valence-corrected chi connectivity index (χ0v) is 19.0. The van der Waals surface area contributed by atoms with Gasteiger partial charge in [-0.05, 0) is 62.6 Å². The molecular weight excluding hydrogens is 378 g/mol. The van der Waals surface area contributed by atoms with Crippen molar-refractivity contribution in [3.63, 3.8) is 0 Å². The number of hydrogen-bond donors (Lipinski definition) is 3. The summed E-state index contributed by atoms with van der Waals surface area (Å²) in [4.78, 5) is 3.06. The van der Waals surface area contributed by atoms with Crippen LogP contribution in [0.1, 0.15) is 54.2 Å². The van der Waals surface area contributed by atoms with Gasteiger partial charge in [0.2, 0.25) is 0 Å². The van der Waals surface area contributed by atoms with E-state index in [1.54, 1.807) is 11.3 Å². The van der Waals surface area contributed by atoms with Crippen LogP contribution in [-0.4, -0.2) is 24.5 Å². The summed E-state index contributed by atoms with van der Waals surface area (Å²) in [5.41, 5.74) is 5.38. The van der Waals surface area contributed by atoms with Crippen LogP contribution in [0.5, 0.6) is 0 Å². The Bertz CT molecular complexity index is 893. The van der Waals surface area contributed by atoms with E-state index in [9.17, 15) is 5.11 Å². The Balaban J connectivity index is 2.11. The quantitative estimate of drug-likeness (QED) is 0.595. The highest BCUT2D eigenvalue weighted by Crippen LogP contribution is 2.40. The third kappa shape index (κ3) is 3.99. The molecular formula is C24H33N3OS. The van der Waals surface area contributed by atoms with E-state index in [-0.39, 0.29) is 0 Å². The van der Waals surface area contributed by atoms with Gasteiger partial charge in [-0.3, -0.25) is 5.41 Å². The van der Waals surface area contributed by atoms with E-state index in [1.807, 2.05) is 24.6 Å². The molecule has 1 aliphatic rings. The van der Waals surface area contributed by atoms with Crippen molar-refractivity contribution in [2.75, 3.05) is 18.5 Å². The van der Waals surface area contributed by atoms with Crippen LogP contribution in [0, 0.1) is 26.2 Å². The Morgan fingerprint density at radius 1 is 1.28 bits per heavy atom. The Labute approximate surface area is 178 Å². The van der Waals surface area contributed by atoms with Crippen molar-refractivity contribution in [2.24, 2.45) is 0 Å². The fraction of sp³-hybridized carbons (Fsp3) is 0.458. The number of aliphatic hydroxyl groups is 1. The lowest BCUT2D eigenvalue weighted by molar-refractivity contribution is 0.0621.